The first-order valence-electron chi connectivity index (χ1n) is 11.8. The molecule has 1 N–H and O–H groups in total. The fourth-order valence-corrected chi connectivity index (χ4v) is 4.51. The molecule has 0 bridgehead atoms. The molecule has 7 nitrogen and oxygen atoms in total. The molecule has 0 aliphatic rings. The molecule has 2 aromatic carbocycles. The number of nitrogens with zero attached hydrogens (tertiary/aromatic N) is 1. The van der Waals surface area contributed by atoms with Crippen molar-refractivity contribution in [2.45, 2.75) is 45.8 Å². The minimum atomic E-state index is -0.873. The second-order valence-electron chi connectivity index (χ2n) is 9.23. The highest BCUT2D eigenvalue weighted by Crippen LogP contribution is 2.32. The Labute approximate surface area is 217 Å². The zero-order valence-corrected chi connectivity index (χ0v) is 22.5. The topological polar surface area (TPSA) is 77.1 Å². The Bertz CT molecular complexity index is 1150. The average molecular weight is 511 g/mol. The summed E-state index contributed by atoms with van der Waals surface area (Å²) in [5, 5.41) is 5.01. The van der Waals surface area contributed by atoms with E-state index in [1.54, 1.807) is 30.2 Å². The van der Waals surface area contributed by atoms with Gasteiger partial charge in [-0.05, 0) is 75.0 Å². The molecule has 1 unspecified atom stereocenters. The highest BCUT2D eigenvalue weighted by molar-refractivity contribution is 7.09. The van der Waals surface area contributed by atoms with Crippen molar-refractivity contribution in [3.05, 3.63) is 76.0 Å². The lowest BCUT2D eigenvalue weighted by molar-refractivity contribution is -0.127. The summed E-state index contributed by atoms with van der Waals surface area (Å²) in [5.74, 6) is 1.10. The van der Waals surface area contributed by atoms with Crippen LogP contribution in [0.3, 0.4) is 0 Å². The Morgan fingerprint density at radius 2 is 1.69 bits per heavy atom. The lowest BCUT2D eigenvalue weighted by Gasteiger charge is -2.33. The van der Waals surface area contributed by atoms with Gasteiger partial charge in [-0.25, -0.2) is 0 Å². The normalized spacial score (nSPS) is 11.9. The number of hydrogen-bond acceptors (Lipinski definition) is 6. The molecule has 192 valence electrons. The first-order valence-corrected chi connectivity index (χ1v) is 12.6. The summed E-state index contributed by atoms with van der Waals surface area (Å²) in [7, 11) is 3.07. The first-order chi connectivity index (χ1) is 17.2. The number of rotatable bonds is 10. The maximum absolute atomic E-state index is 14.0. The van der Waals surface area contributed by atoms with E-state index in [9.17, 15) is 9.59 Å². The molecule has 0 saturated heterocycles. The molecule has 2 amide bonds. The van der Waals surface area contributed by atoms with Crippen LogP contribution in [0.25, 0.3) is 0 Å². The van der Waals surface area contributed by atoms with Crippen LogP contribution in [0.1, 0.15) is 54.5 Å². The van der Waals surface area contributed by atoms with Crippen molar-refractivity contribution in [1.29, 1.82) is 0 Å². The van der Waals surface area contributed by atoms with E-state index in [4.69, 9.17) is 14.2 Å². The number of benzene rings is 2. The van der Waals surface area contributed by atoms with Crippen molar-refractivity contribution >= 4 is 23.2 Å². The van der Waals surface area contributed by atoms with Gasteiger partial charge in [-0.3, -0.25) is 9.59 Å². The average Bonchev–Trinajstić information content (AvgIpc) is 3.36. The third-order valence-corrected chi connectivity index (χ3v) is 6.22. The van der Waals surface area contributed by atoms with Gasteiger partial charge >= 0.3 is 0 Å². The first kappa shape index (κ1) is 27.1. The van der Waals surface area contributed by atoms with E-state index in [1.165, 1.54) is 18.4 Å². The van der Waals surface area contributed by atoms with E-state index in [2.05, 4.69) is 5.32 Å². The maximum atomic E-state index is 14.0. The minimum absolute atomic E-state index is 0.264. The van der Waals surface area contributed by atoms with Crippen molar-refractivity contribution in [3.8, 4) is 17.2 Å². The van der Waals surface area contributed by atoms with Crippen LogP contribution in [0.4, 0.5) is 0 Å². The fourth-order valence-electron chi connectivity index (χ4n) is 3.81. The second kappa shape index (κ2) is 11.9. The molecule has 0 radical (unpaired) electrons. The molecule has 0 aliphatic carbocycles. The van der Waals surface area contributed by atoms with Gasteiger partial charge in [0.05, 0.1) is 27.4 Å². The molecule has 1 atom stereocenters. The molecule has 36 heavy (non-hydrogen) atoms. The molecule has 8 heteroatoms. The molecule has 3 rings (SSSR count). The number of nitrogens with one attached hydrogen (secondary N) is 1. The standard InChI is InChI=1S/C28H34N2O5S/c1-7-35-21-13-10-19(11-14-21)25(26(31)29-28(2,3)4)30(18-22-9-8-16-36-22)27(32)20-12-15-23(33-5)24(17-20)34-6/h8-17,25H,7,18H2,1-6H3,(H,29,31). The van der Waals surface area contributed by atoms with Gasteiger partial charge in [-0.15, -0.1) is 11.3 Å². The SMILES string of the molecule is CCOc1ccc(C(C(=O)NC(C)(C)C)N(Cc2cccs2)C(=O)c2ccc(OC)c(OC)c2)cc1. The molecule has 0 fully saturated rings. The van der Waals surface area contributed by atoms with E-state index in [0.717, 1.165) is 4.88 Å². The number of amides is 2. The number of hydrogen-bond donors (Lipinski definition) is 1. The predicted octanol–water partition coefficient (Wildman–Crippen LogP) is 5.46. The summed E-state index contributed by atoms with van der Waals surface area (Å²) in [6, 6.07) is 15.3. The van der Waals surface area contributed by atoms with Crippen LogP contribution in [0.5, 0.6) is 17.2 Å². The summed E-state index contributed by atoms with van der Waals surface area (Å²) >= 11 is 1.53. The lowest BCUT2D eigenvalue weighted by Crippen LogP contribution is -2.49. The molecule has 0 saturated carbocycles. The van der Waals surface area contributed by atoms with Crippen LogP contribution in [-0.2, 0) is 11.3 Å². The summed E-state index contributed by atoms with van der Waals surface area (Å²) < 4.78 is 16.3. The number of methoxy groups -OCH3 is 2. The van der Waals surface area contributed by atoms with Crippen molar-refractivity contribution in [2.75, 3.05) is 20.8 Å². The van der Waals surface area contributed by atoms with Crippen LogP contribution < -0.4 is 19.5 Å². The van der Waals surface area contributed by atoms with Crippen molar-refractivity contribution in [3.63, 3.8) is 0 Å². The largest absolute Gasteiger partial charge is 0.494 e. The molecule has 0 aliphatic heterocycles. The molecule has 1 aromatic heterocycles. The van der Waals surface area contributed by atoms with Gasteiger partial charge in [0, 0.05) is 16.0 Å². The van der Waals surface area contributed by atoms with E-state index >= 15 is 0 Å². The Morgan fingerprint density at radius 1 is 1.00 bits per heavy atom. The van der Waals surface area contributed by atoms with Crippen molar-refractivity contribution in [2.24, 2.45) is 0 Å². The Morgan fingerprint density at radius 3 is 2.25 bits per heavy atom. The van der Waals surface area contributed by atoms with Gasteiger partial charge in [0.1, 0.15) is 11.8 Å². The van der Waals surface area contributed by atoms with Crippen LogP contribution in [0.2, 0.25) is 0 Å². The summed E-state index contributed by atoms with van der Waals surface area (Å²) in [5.41, 5.74) is 0.593. The second-order valence-corrected chi connectivity index (χ2v) is 10.3. The number of thiophene rings is 1. The highest BCUT2D eigenvalue weighted by atomic mass is 32.1. The van der Waals surface area contributed by atoms with Crippen molar-refractivity contribution < 1.29 is 23.8 Å². The van der Waals surface area contributed by atoms with Gasteiger partial charge in [-0.2, -0.15) is 0 Å². The summed E-state index contributed by atoms with van der Waals surface area (Å²) in [4.78, 5) is 30.3. The van der Waals surface area contributed by atoms with Gasteiger partial charge in [0.15, 0.2) is 11.5 Å². The molecule has 0 spiro atoms. The Kier molecular flexibility index (Phi) is 8.98. The van der Waals surface area contributed by atoms with Crippen LogP contribution in [0.15, 0.2) is 60.0 Å². The quantitative estimate of drug-likeness (QED) is 0.392. The molecular weight excluding hydrogens is 476 g/mol. The number of ether oxygens (including phenoxy) is 3. The van der Waals surface area contributed by atoms with Crippen molar-refractivity contribution in [1.82, 2.24) is 10.2 Å². The third-order valence-electron chi connectivity index (χ3n) is 5.36. The van der Waals surface area contributed by atoms with Crippen LogP contribution in [0, 0.1) is 0 Å². The van der Waals surface area contributed by atoms with Gasteiger partial charge in [0.25, 0.3) is 5.91 Å². The zero-order valence-electron chi connectivity index (χ0n) is 21.7. The molecular formula is C28H34N2O5S. The maximum Gasteiger partial charge on any atom is 0.255 e. The zero-order chi connectivity index (χ0) is 26.3. The predicted molar refractivity (Wildman–Crippen MR) is 142 cm³/mol. The van der Waals surface area contributed by atoms with Crippen LogP contribution >= 0.6 is 11.3 Å². The smallest absolute Gasteiger partial charge is 0.255 e. The Hall–Kier alpha value is -3.52. The third kappa shape index (κ3) is 6.79. The van der Waals surface area contributed by atoms with Gasteiger partial charge in [0.2, 0.25) is 5.91 Å². The van der Waals surface area contributed by atoms with Gasteiger partial charge in [-0.1, -0.05) is 18.2 Å². The fraction of sp³-hybridized carbons (Fsp3) is 0.357. The lowest BCUT2D eigenvalue weighted by atomic mass is 10.00. The van der Waals surface area contributed by atoms with E-state index in [0.29, 0.717) is 35.0 Å². The number of carbonyl (C=O) groups is 2. The van der Waals surface area contributed by atoms with E-state index in [1.807, 2.05) is 69.5 Å². The van der Waals surface area contributed by atoms with E-state index in [-0.39, 0.29) is 18.4 Å². The molecule has 1 heterocycles. The number of carbonyl (C=O) groups excluding carboxylic acids is 2. The minimum Gasteiger partial charge on any atom is -0.494 e. The molecule has 3 aromatic rings. The van der Waals surface area contributed by atoms with Crippen LogP contribution in [-0.4, -0.2) is 43.1 Å². The van der Waals surface area contributed by atoms with E-state index < -0.39 is 11.6 Å². The summed E-state index contributed by atoms with van der Waals surface area (Å²) in [6.45, 7) is 8.47. The highest BCUT2D eigenvalue weighted by Gasteiger charge is 2.34. The summed E-state index contributed by atoms with van der Waals surface area (Å²) in [6.07, 6.45) is 0. The monoisotopic (exact) mass is 510 g/mol. The van der Waals surface area contributed by atoms with Gasteiger partial charge < -0.3 is 24.4 Å². The Balaban J connectivity index is 2.11.